The minimum atomic E-state index is -3.70. The highest BCUT2D eigenvalue weighted by Gasteiger charge is 2.21. The highest BCUT2D eigenvalue weighted by molar-refractivity contribution is 7.92. The molecule has 1 N–H and O–H groups in total. The van der Waals surface area contributed by atoms with Crippen molar-refractivity contribution in [2.24, 2.45) is 0 Å². The molecule has 132 valence electrons. The van der Waals surface area contributed by atoms with Crippen LogP contribution in [0, 0.1) is 0 Å². The zero-order valence-corrected chi connectivity index (χ0v) is 14.8. The number of benzene rings is 2. The second kappa shape index (κ2) is 7.37. The number of pyridine rings is 1. The summed E-state index contributed by atoms with van der Waals surface area (Å²) in [6, 6.07) is 18.0. The topological polar surface area (TPSA) is 79.4 Å². The molecule has 0 spiro atoms. The fourth-order valence-corrected chi connectivity index (χ4v) is 3.55. The van der Waals surface area contributed by atoms with Crippen molar-refractivity contribution in [1.82, 2.24) is 4.98 Å². The van der Waals surface area contributed by atoms with E-state index in [9.17, 15) is 13.2 Å². The van der Waals surface area contributed by atoms with E-state index >= 15 is 0 Å². The number of nitrogens with one attached hydrogen (secondary N) is 1. The van der Waals surface area contributed by atoms with Gasteiger partial charge >= 0.3 is 0 Å². The molecule has 0 aliphatic rings. The van der Waals surface area contributed by atoms with Crippen LogP contribution in [0.2, 0.25) is 0 Å². The number of hydrogen-bond acceptors (Lipinski definition) is 4. The summed E-state index contributed by atoms with van der Waals surface area (Å²) in [6.07, 6.45) is 3.14. The van der Waals surface area contributed by atoms with Gasteiger partial charge in [-0.3, -0.25) is 14.1 Å². The summed E-state index contributed by atoms with van der Waals surface area (Å²) in [6.45, 7) is 0. The summed E-state index contributed by atoms with van der Waals surface area (Å²) in [5.41, 5.74) is 1.49. The van der Waals surface area contributed by atoms with E-state index in [2.05, 4.69) is 10.3 Å². The van der Waals surface area contributed by atoms with Crippen molar-refractivity contribution in [1.29, 1.82) is 0 Å². The number of amides is 1. The molecule has 0 aliphatic carbocycles. The number of hydrogen-bond donors (Lipinski definition) is 1. The average molecular weight is 367 g/mol. The van der Waals surface area contributed by atoms with Gasteiger partial charge in [-0.2, -0.15) is 0 Å². The lowest BCUT2D eigenvalue weighted by Gasteiger charge is -2.19. The fraction of sp³-hybridized carbons (Fsp3) is 0.0526. The third-order valence-electron chi connectivity index (χ3n) is 3.81. The minimum absolute atomic E-state index is 0.113. The van der Waals surface area contributed by atoms with Crippen molar-refractivity contribution >= 4 is 27.3 Å². The van der Waals surface area contributed by atoms with Crippen LogP contribution in [-0.2, 0) is 10.0 Å². The van der Waals surface area contributed by atoms with Gasteiger partial charge in [0.05, 0.1) is 22.5 Å². The van der Waals surface area contributed by atoms with Crippen LogP contribution in [0.4, 0.5) is 11.4 Å². The number of carbonyl (C=O) groups is 1. The molecule has 0 saturated carbocycles. The number of nitrogens with zero attached hydrogens (tertiary/aromatic N) is 2. The van der Waals surface area contributed by atoms with Crippen LogP contribution < -0.4 is 9.62 Å². The van der Waals surface area contributed by atoms with Gasteiger partial charge in [-0.1, -0.05) is 18.2 Å². The number of carbonyl (C=O) groups excluding carboxylic acids is 1. The second-order valence-electron chi connectivity index (χ2n) is 5.53. The normalized spacial score (nSPS) is 11.0. The Bertz CT molecular complexity index is 989. The zero-order valence-electron chi connectivity index (χ0n) is 14.0. The lowest BCUT2D eigenvalue weighted by atomic mass is 10.2. The van der Waals surface area contributed by atoms with Crippen molar-refractivity contribution in [3.63, 3.8) is 0 Å². The van der Waals surface area contributed by atoms with Gasteiger partial charge in [-0.15, -0.1) is 0 Å². The van der Waals surface area contributed by atoms with Crippen molar-refractivity contribution in [3.8, 4) is 0 Å². The van der Waals surface area contributed by atoms with Crippen LogP contribution in [0.3, 0.4) is 0 Å². The van der Waals surface area contributed by atoms with E-state index in [-0.39, 0.29) is 10.8 Å². The van der Waals surface area contributed by atoms with Crippen molar-refractivity contribution in [2.75, 3.05) is 16.7 Å². The molecule has 3 aromatic rings. The molecule has 1 amide bonds. The molecule has 0 unspecified atom stereocenters. The fourth-order valence-electron chi connectivity index (χ4n) is 2.35. The minimum Gasteiger partial charge on any atom is -0.321 e. The number of anilines is 2. The number of rotatable bonds is 5. The molecule has 0 atom stereocenters. The molecule has 0 fully saturated rings. The van der Waals surface area contributed by atoms with Crippen LogP contribution in [0.15, 0.2) is 84.0 Å². The maximum atomic E-state index is 12.7. The summed E-state index contributed by atoms with van der Waals surface area (Å²) in [4.78, 5) is 16.3. The molecule has 1 aromatic heterocycles. The maximum Gasteiger partial charge on any atom is 0.264 e. The largest absolute Gasteiger partial charge is 0.321 e. The molecule has 3 rings (SSSR count). The first-order valence-corrected chi connectivity index (χ1v) is 9.28. The Morgan fingerprint density at radius 2 is 1.65 bits per heavy atom. The number of aromatic nitrogens is 1. The number of para-hydroxylation sites is 1. The molecule has 2 aromatic carbocycles. The Labute approximate surface area is 152 Å². The van der Waals surface area contributed by atoms with Crippen molar-refractivity contribution in [2.45, 2.75) is 4.90 Å². The zero-order chi connectivity index (χ0) is 18.6. The van der Waals surface area contributed by atoms with Gasteiger partial charge < -0.3 is 5.32 Å². The Morgan fingerprint density at radius 3 is 2.27 bits per heavy atom. The van der Waals surface area contributed by atoms with Crippen molar-refractivity contribution < 1.29 is 13.2 Å². The van der Waals surface area contributed by atoms with E-state index in [1.54, 1.807) is 42.6 Å². The average Bonchev–Trinajstić information content (AvgIpc) is 2.69. The molecule has 7 heteroatoms. The van der Waals surface area contributed by atoms with Gasteiger partial charge in [-0.05, 0) is 48.5 Å². The Morgan fingerprint density at radius 1 is 0.962 bits per heavy atom. The van der Waals surface area contributed by atoms with Gasteiger partial charge in [0.15, 0.2) is 0 Å². The van der Waals surface area contributed by atoms with Crippen LogP contribution in [0.25, 0.3) is 0 Å². The third-order valence-corrected chi connectivity index (χ3v) is 5.61. The highest BCUT2D eigenvalue weighted by Crippen LogP contribution is 2.22. The van der Waals surface area contributed by atoms with Crippen LogP contribution in [-0.4, -0.2) is 26.4 Å². The lowest BCUT2D eigenvalue weighted by Crippen LogP contribution is -2.26. The molecular weight excluding hydrogens is 350 g/mol. The maximum absolute atomic E-state index is 12.7. The van der Waals surface area contributed by atoms with E-state index in [0.717, 1.165) is 0 Å². The molecule has 0 bridgehead atoms. The molecule has 6 nitrogen and oxygen atoms in total. The van der Waals surface area contributed by atoms with Crippen LogP contribution in [0.5, 0.6) is 0 Å². The standard InChI is InChI=1S/C19H17N3O3S/c1-22(17-7-3-2-4-8-17)26(24,25)18-11-9-15(10-12-18)19(23)21-16-6-5-13-20-14-16/h2-14H,1H3,(H,21,23). The van der Waals surface area contributed by atoms with Gasteiger partial charge in [0.1, 0.15) is 0 Å². The lowest BCUT2D eigenvalue weighted by molar-refractivity contribution is 0.102. The molecule has 0 aliphatic heterocycles. The van der Waals surface area contributed by atoms with E-state index in [4.69, 9.17) is 0 Å². The first-order valence-electron chi connectivity index (χ1n) is 7.84. The third kappa shape index (κ3) is 3.73. The first kappa shape index (κ1) is 17.6. The first-order chi connectivity index (χ1) is 12.5. The summed E-state index contributed by atoms with van der Waals surface area (Å²) in [5, 5.41) is 2.70. The molecule has 26 heavy (non-hydrogen) atoms. The second-order valence-corrected chi connectivity index (χ2v) is 7.50. The monoisotopic (exact) mass is 367 g/mol. The van der Waals surface area contributed by atoms with Gasteiger partial charge in [0, 0.05) is 18.8 Å². The molecular formula is C19H17N3O3S. The Balaban J connectivity index is 1.79. The van der Waals surface area contributed by atoms with Crippen LogP contribution in [0.1, 0.15) is 10.4 Å². The quantitative estimate of drug-likeness (QED) is 0.751. The number of sulfonamides is 1. The summed E-state index contributed by atoms with van der Waals surface area (Å²) in [7, 11) is -2.21. The predicted molar refractivity (Wildman–Crippen MR) is 101 cm³/mol. The predicted octanol–water partition coefficient (Wildman–Crippen LogP) is 3.16. The molecule has 1 heterocycles. The van der Waals surface area contributed by atoms with E-state index in [1.165, 1.54) is 41.8 Å². The van der Waals surface area contributed by atoms with E-state index in [0.29, 0.717) is 16.9 Å². The summed E-state index contributed by atoms with van der Waals surface area (Å²) < 4.78 is 26.6. The molecule has 0 saturated heterocycles. The summed E-state index contributed by atoms with van der Waals surface area (Å²) in [5.74, 6) is -0.335. The summed E-state index contributed by atoms with van der Waals surface area (Å²) >= 11 is 0. The van der Waals surface area contributed by atoms with Gasteiger partial charge in [0.25, 0.3) is 15.9 Å². The highest BCUT2D eigenvalue weighted by atomic mass is 32.2. The SMILES string of the molecule is CN(c1ccccc1)S(=O)(=O)c1ccc(C(=O)Nc2cccnc2)cc1. The molecule has 0 radical (unpaired) electrons. The smallest absolute Gasteiger partial charge is 0.264 e. The van der Waals surface area contributed by atoms with Gasteiger partial charge in [0.2, 0.25) is 0 Å². The van der Waals surface area contributed by atoms with E-state index < -0.39 is 10.0 Å². The van der Waals surface area contributed by atoms with Crippen LogP contribution >= 0.6 is 0 Å². The van der Waals surface area contributed by atoms with Gasteiger partial charge in [-0.25, -0.2) is 8.42 Å². The Kier molecular flexibility index (Phi) is 4.99. The van der Waals surface area contributed by atoms with E-state index in [1.807, 2.05) is 6.07 Å². The van der Waals surface area contributed by atoms with Crippen molar-refractivity contribution in [3.05, 3.63) is 84.7 Å². The Hall–Kier alpha value is -3.19.